The molecule has 0 radical (unpaired) electrons. The van der Waals surface area contributed by atoms with Crippen LogP contribution in [-0.4, -0.2) is 34.4 Å². The fourth-order valence-corrected chi connectivity index (χ4v) is 3.17. The fraction of sp³-hybridized carbons (Fsp3) is 0.364. The summed E-state index contributed by atoms with van der Waals surface area (Å²) in [6, 6.07) is 11.9. The van der Waals surface area contributed by atoms with Gasteiger partial charge >= 0.3 is 6.03 Å². The summed E-state index contributed by atoms with van der Waals surface area (Å²) >= 11 is 0. The Labute approximate surface area is 176 Å². The summed E-state index contributed by atoms with van der Waals surface area (Å²) in [6.07, 6.45) is 4.27. The van der Waals surface area contributed by atoms with Crippen molar-refractivity contribution >= 4 is 17.8 Å². The molecule has 1 heterocycles. The quantitative estimate of drug-likeness (QED) is 0.474. The lowest BCUT2D eigenvalue weighted by atomic mass is 9.83. The van der Waals surface area contributed by atoms with Gasteiger partial charge in [0.25, 0.3) is 0 Å². The molecule has 0 aliphatic rings. The molecule has 4 amide bonds. The van der Waals surface area contributed by atoms with E-state index in [1.165, 1.54) is 0 Å². The van der Waals surface area contributed by atoms with E-state index in [4.69, 9.17) is 5.73 Å². The van der Waals surface area contributed by atoms with Crippen LogP contribution in [0.25, 0.3) is 0 Å². The summed E-state index contributed by atoms with van der Waals surface area (Å²) in [7, 11) is 0. The minimum atomic E-state index is -1.46. The van der Waals surface area contributed by atoms with Gasteiger partial charge in [-0.15, -0.1) is 0 Å². The lowest BCUT2D eigenvalue weighted by molar-refractivity contribution is -0.127. The van der Waals surface area contributed by atoms with Gasteiger partial charge in [-0.2, -0.15) is 0 Å². The Balaban J connectivity index is 2.19. The van der Waals surface area contributed by atoms with Crippen molar-refractivity contribution in [1.29, 1.82) is 0 Å². The Morgan fingerprint density at radius 2 is 1.80 bits per heavy atom. The smallest absolute Gasteiger partial charge is 0.315 e. The van der Waals surface area contributed by atoms with Crippen LogP contribution < -0.4 is 21.7 Å². The highest BCUT2D eigenvalue weighted by Gasteiger charge is 2.44. The third kappa shape index (κ3) is 6.30. The number of aryl methyl sites for hydroxylation is 1. The zero-order valence-electron chi connectivity index (χ0n) is 17.4. The molecule has 0 spiro atoms. The number of nitrogens with one attached hydrogen (secondary N) is 3. The molecule has 5 N–H and O–H groups in total. The van der Waals surface area contributed by atoms with Crippen LogP contribution in [0.5, 0.6) is 0 Å². The maximum absolute atomic E-state index is 12.6. The van der Waals surface area contributed by atoms with Gasteiger partial charge in [-0.25, -0.2) is 4.79 Å². The van der Waals surface area contributed by atoms with Gasteiger partial charge in [-0.3, -0.25) is 14.6 Å². The molecule has 0 aliphatic heterocycles. The van der Waals surface area contributed by atoms with Gasteiger partial charge in [0, 0.05) is 25.4 Å². The molecule has 1 aromatic carbocycles. The predicted molar refractivity (Wildman–Crippen MR) is 114 cm³/mol. The average Bonchev–Trinajstić information content (AvgIpc) is 2.76. The summed E-state index contributed by atoms with van der Waals surface area (Å²) in [5.74, 6) is -0.940. The Morgan fingerprint density at radius 3 is 2.40 bits per heavy atom. The second kappa shape index (κ2) is 10.9. The molecule has 160 valence electrons. The number of urea groups is 1. The number of nitrogens with zero attached hydrogens (tertiary/aromatic N) is 1. The summed E-state index contributed by atoms with van der Waals surface area (Å²) in [4.78, 5) is 41.2. The summed E-state index contributed by atoms with van der Waals surface area (Å²) in [6.45, 7) is 3.62. The number of primary amides is 1. The van der Waals surface area contributed by atoms with Crippen LogP contribution in [0.1, 0.15) is 37.8 Å². The first-order chi connectivity index (χ1) is 14.4. The van der Waals surface area contributed by atoms with E-state index in [0.29, 0.717) is 6.42 Å². The van der Waals surface area contributed by atoms with Crippen molar-refractivity contribution in [2.45, 2.75) is 51.2 Å². The second-order valence-electron chi connectivity index (χ2n) is 7.13. The van der Waals surface area contributed by atoms with Crippen LogP contribution in [0.2, 0.25) is 0 Å². The van der Waals surface area contributed by atoms with Gasteiger partial charge in [0.05, 0.1) is 6.04 Å². The molecule has 8 heteroatoms. The van der Waals surface area contributed by atoms with Crippen molar-refractivity contribution < 1.29 is 14.4 Å². The summed E-state index contributed by atoms with van der Waals surface area (Å²) in [5, 5.41) is 8.23. The van der Waals surface area contributed by atoms with E-state index in [1.807, 2.05) is 36.4 Å². The molecule has 0 aliphatic carbocycles. The molecular formula is C22H29N5O3. The third-order valence-electron chi connectivity index (χ3n) is 5.04. The molecule has 30 heavy (non-hydrogen) atoms. The Kier molecular flexibility index (Phi) is 8.34. The monoisotopic (exact) mass is 411 g/mol. The van der Waals surface area contributed by atoms with E-state index >= 15 is 0 Å². The largest absolute Gasteiger partial charge is 0.368 e. The summed E-state index contributed by atoms with van der Waals surface area (Å²) < 4.78 is 0. The molecule has 2 atom stereocenters. The number of benzene rings is 1. The fourth-order valence-electron chi connectivity index (χ4n) is 3.17. The molecule has 2 unspecified atom stereocenters. The van der Waals surface area contributed by atoms with Crippen LogP contribution in [0.3, 0.4) is 0 Å². The van der Waals surface area contributed by atoms with Gasteiger partial charge in [-0.05, 0) is 37.0 Å². The molecule has 0 bridgehead atoms. The van der Waals surface area contributed by atoms with Gasteiger partial charge in [-0.1, -0.05) is 43.3 Å². The minimum Gasteiger partial charge on any atom is -0.368 e. The van der Waals surface area contributed by atoms with Gasteiger partial charge in [0.15, 0.2) is 0 Å². The molecule has 8 nitrogen and oxygen atoms in total. The average molecular weight is 412 g/mol. The second-order valence-corrected chi connectivity index (χ2v) is 7.13. The van der Waals surface area contributed by atoms with Crippen LogP contribution >= 0.6 is 0 Å². The zero-order chi connectivity index (χ0) is 22.0. The van der Waals surface area contributed by atoms with Crippen molar-refractivity contribution in [3.8, 4) is 0 Å². The van der Waals surface area contributed by atoms with Gasteiger partial charge in [0.1, 0.15) is 5.54 Å². The predicted octanol–water partition coefficient (Wildman–Crippen LogP) is 1.65. The normalized spacial score (nSPS) is 13.5. The number of carbonyl (C=O) groups is 3. The zero-order valence-corrected chi connectivity index (χ0v) is 17.4. The molecule has 2 aromatic rings. The molecule has 1 aromatic heterocycles. The maximum Gasteiger partial charge on any atom is 0.315 e. The van der Waals surface area contributed by atoms with E-state index in [-0.39, 0.29) is 25.3 Å². The minimum absolute atomic E-state index is 0.231. The topological polar surface area (TPSA) is 126 Å². The molecular weight excluding hydrogens is 382 g/mol. The number of nitrogens with two attached hydrogens (primary N) is 1. The molecule has 0 fully saturated rings. The Hall–Kier alpha value is -3.42. The maximum atomic E-state index is 12.6. The molecule has 2 rings (SSSR count). The van der Waals surface area contributed by atoms with E-state index in [9.17, 15) is 14.4 Å². The highest BCUT2D eigenvalue weighted by molar-refractivity contribution is 5.91. The number of amides is 4. The van der Waals surface area contributed by atoms with Crippen molar-refractivity contribution in [1.82, 2.24) is 20.9 Å². The van der Waals surface area contributed by atoms with Crippen LogP contribution in [0, 0.1) is 0 Å². The standard InChI is InChI=1S/C22H29N5O3/c1-3-19(28)26-16(2)22(20(23)29,12-11-17-8-5-4-6-9-17)27-21(30)25-15-18-10-7-13-24-14-18/h4-10,13-14,16H,3,11-12,15H2,1-2H3,(H2,23,29)(H,26,28)(H2,25,27,30). The lowest BCUT2D eigenvalue weighted by Gasteiger charge is -2.37. The number of hydrogen-bond acceptors (Lipinski definition) is 4. The number of carbonyl (C=O) groups excluding carboxylic acids is 3. The first kappa shape index (κ1) is 22.9. The van der Waals surface area contributed by atoms with Crippen molar-refractivity contribution in [3.05, 3.63) is 66.0 Å². The summed E-state index contributed by atoms with van der Waals surface area (Å²) in [5.41, 5.74) is 6.12. The molecule has 0 saturated carbocycles. The van der Waals surface area contributed by atoms with Crippen molar-refractivity contribution in [3.63, 3.8) is 0 Å². The van der Waals surface area contributed by atoms with Crippen LogP contribution in [0.4, 0.5) is 4.79 Å². The van der Waals surface area contributed by atoms with Gasteiger partial charge < -0.3 is 21.7 Å². The lowest BCUT2D eigenvalue weighted by Crippen LogP contribution is -2.69. The number of pyridine rings is 1. The SMILES string of the molecule is CCC(=O)NC(C)C(CCc1ccccc1)(NC(=O)NCc1cccnc1)C(N)=O. The highest BCUT2D eigenvalue weighted by Crippen LogP contribution is 2.20. The van der Waals surface area contributed by atoms with Crippen molar-refractivity contribution in [2.75, 3.05) is 0 Å². The van der Waals surface area contributed by atoms with E-state index < -0.39 is 23.5 Å². The number of hydrogen-bond donors (Lipinski definition) is 4. The first-order valence-corrected chi connectivity index (χ1v) is 9.95. The Bertz CT molecular complexity index is 844. The van der Waals surface area contributed by atoms with E-state index in [0.717, 1.165) is 11.1 Å². The third-order valence-corrected chi connectivity index (χ3v) is 5.04. The Morgan fingerprint density at radius 1 is 1.10 bits per heavy atom. The number of rotatable bonds is 10. The van der Waals surface area contributed by atoms with E-state index in [1.54, 1.807) is 32.3 Å². The van der Waals surface area contributed by atoms with Crippen molar-refractivity contribution in [2.24, 2.45) is 5.73 Å². The molecule has 0 saturated heterocycles. The highest BCUT2D eigenvalue weighted by atomic mass is 16.2. The van der Waals surface area contributed by atoms with E-state index in [2.05, 4.69) is 20.9 Å². The van der Waals surface area contributed by atoms with Crippen LogP contribution in [0.15, 0.2) is 54.9 Å². The first-order valence-electron chi connectivity index (χ1n) is 9.95. The number of aromatic nitrogens is 1. The van der Waals surface area contributed by atoms with Gasteiger partial charge in [0.2, 0.25) is 11.8 Å². The van der Waals surface area contributed by atoms with Crippen LogP contribution in [-0.2, 0) is 22.6 Å².